The molecule has 2 aromatic heterocycles. The third kappa shape index (κ3) is 3.91. The van der Waals surface area contributed by atoms with Gasteiger partial charge in [-0.2, -0.15) is 4.73 Å². The van der Waals surface area contributed by atoms with Crippen LogP contribution in [0.15, 0.2) is 49.1 Å². The molecule has 174 valence electrons. The fourth-order valence-corrected chi connectivity index (χ4v) is 4.64. The molecule has 5 rings (SSSR count). The molecule has 0 saturated heterocycles. The lowest BCUT2D eigenvalue weighted by atomic mass is 9.75. The van der Waals surface area contributed by atoms with Gasteiger partial charge in [0.2, 0.25) is 11.9 Å². The molecule has 10 heteroatoms. The van der Waals surface area contributed by atoms with Gasteiger partial charge in [0.25, 0.3) is 0 Å². The Balaban J connectivity index is 1.24. The van der Waals surface area contributed by atoms with Crippen LogP contribution < -0.4 is 14.8 Å². The number of benzene rings is 1. The fraction of sp³-hybridized carbons (Fsp3) is 0.292. The number of nitrogens with zero attached hydrogens (tertiary/aromatic N) is 3. The zero-order valence-corrected chi connectivity index (χ0v) is 18.3. The van der Waals surface area contributed by atoms with Crippen molar-refractivity contribution in [3.63, 3.8) is 0 Å². The van der Waals surface area contributed by atoms with Crippen molar-refractivity contribution in [2.45, 2.75) is 31.3 Å². The summed E-state index contributed by atoms with van der Waals surface area (Å²) < 4.78 is 25.1. The van der Waals surface area contributed by atoms with Crippen LogP contribution >= 0.6 is 0 Å². The highest BCUT2D eigenvalue weighted by Gasteiger charge is 2.49. The van der Waals surface area contributed by atoms with E-state index in [-0.39, 0.29) is 23.3 Å². The van der Waals surface area contributed by atoms with Gasteiger partial charge in [0.15, 0.2) is 12.4 Å². The quantitative estimate of drug-likeness (QED) is 0.358. The van der Waals surface area contributed by atoms with Crippen molar-refractivity contribution >= 4 is 17.8 Å². The maximum atomic E-state index is 13.8. The summed E-state index contributed by atoms with van der Waals surface area (Å²) in [7, 11) is 1.46. The van der Waals surface area contributed by atoms with Crippen LogP contribution in [0.2, 0.25) is 0 Å². The minimum absolute atomic E-state index is 0.148. The van der Waals surface area contributed by atoms with E-state index in [2.05, 4.69) is 15.3 Å². The highest BCUT2D eigenvalue weighted by molar-refractivity contribution is 5.94. The Labute approximate surface area is 194 Å². The van der Waals surface area contributed by atoms with Crippen LogP contribution in [-0.2, 0) is 15.1 Å². The van der Waals surface area contributed by atoms with E-state index in [1.807, 2.05) is 0 Å². The third-order valence-corrected chi connectivity index (χ3v) is 6.42. The molecule has 1 spiro atoms. The summed E-state index contributed by atoms with van der Waals surface area (Å²) in [6, 6.07) is 5.92. The second-order valence-electron chi connectivity index (χ2n) is 8.45. The standard InChI is InChI=1S/C24H21FN4O5/c1-33-18-9-15(8-17(25)10-18)16-11-26-23(27-12-16)28-21(30)14-2-5-24(6-3-14)20-4-7-29(32)13-19(20)22(31)34-24/h4,7-14H,2-3,5-6H2,1H3,(H,26,27,28,30). The van der Waals surface area contributed by atoms with Gasteiger partial charge in [-0.05, 0) is 43.4 Å². The molecule has 1 aliphatic carbocycles. The minimum atomic E-state index is -0.790. The molecule has 1 amide bonds. The number of amides is 1. The number of pyridine rings is 1. The van der Waals surface area contributed by atoms with E-state index in [1.165, 1.54) is 44.0 Å². The normalized spacial score (nSPS) is 21.1. The number of carbonyl (C=O) groups is 2. The van der Waals surface area contributed by atoms with E-state index in [9.17, 15) is 19.2 Å². The smallest absolute Gasteiger partial charge is 0.345 e. The molecule has 1 N–H and O–H groups in total. The monoisotopic (exact) mass is 464 g/mol. The Morgan fingerprint density at radius 1 is 1.24 bits per heavy atom. The van der Waals surface area contributed by atoms with Crippen LogP contribution in [0, 0.1) is 16.9 Å². The number of fused-ring (bicyclic) bond motifs is 2. The number of rotatable bonds is 4. The molecule has 0 bridgehead atoms. The molecule has 0 radical (unpaired) electrons. The first-order valence-electron chi connectivity index (χ1n) is 10.8. The molecule has 34 heavy (non-hydrogen) atoms. The molecule has 9 nitrogen and oxygen atoms in total. The number of nitrogens with one attached hydrogen (secondary N) is 1. The lowest BCUT2D eigenvalue weighted by Crippen LogP contribution is -2.36. The van der Waals surface area contributed by atoms with Gasteiger partial charge in [-0.1, -0.05) is 0 Å². The summed E-state index contributed by atoms with van der Waals surface area (Å²) in [5, 5.41) is 14.3. The van der Waals surface area contributed by atoms with Gasteiger partial charge in [-0.15, -0.1) is 0 Å². The van der Waals surface area contributed by atoms with Crippen LogP contribution in [0.25, 0.3) is 11.1 Å². The summed E-state index contributed by atoms with van der Waals surface area (Å²) in [5.41, 5.74) is 1.33. The Morgan fingerprint density at radius 2 is 1.97 bits per heavy atom. The summed E-state index contributed by atoms with van der Waals surface area (Å²) in [6.07, 6.45) is 7.56. The van der Waals surface area contributed by atoms with Crippen molar-refractivity contribution in [2.75, 3.05) is 12.4 Å². The second-order valence-corrected chi connectivity index (χ2v) is 8.45. The van der Waals surface area contributed by atoms with Crippen LogP contribution in [0.1, 0.15) is 41.6 Å². The van der Waals surface area contributed by atoms with Crippen molar-refractivity contribution < 1.29 is 28.2 Å². The Bertz CT molecular complexity index is 1270. The maximum Gasteiger partial charge on any atom is 0.345 e. The van der Waals surface area contributed by atoms with Crippen molar-refractivity contribution in [3.05, 3.63) is 71.2 Å². The van der Waals surface area contributed by atoms with Crippen LogP contribution in [0.4, 0.5) is 10.3 Å². The van der Waals surface area contributed by atoms with Gasteiger partial charge >= 0.3 is 5.97 Å². The summed E-state index contributed by atoms with van der Waals surface area (Å²) in [5.74, 6) is -0.931. The van der Waals surface area contributed by atoms with E-state index in [0.717, 1.165) is 0 Å². The number of aromatic nitrogens is 3. The minimum Gasteiger partial charge on any atom is -0.619 e. The number of esters is 1. The van der Waals surface area contributed by atoms with E-state index >= 15 is 0 Å². The first-order valence-corrected chi connectivity index (χ1v) is 10.8. The Morgan fingerprint density at radius 3 is 2.68 bits per heavy atom. The predicted molar refractivity (Wildman–Crippen MR) is 117 cm³/mol. The number of anilines is 1. The molecular formula is C24H21FN4O5. The highest BCUT2D eigenvalue weighted by Crippen LogP contribution is 2.47. The number of ether oxygens (including phenoxy) is 2. The SMILES string of the molecule is COc1cc(F)cc(-c2cnc(NC(=O)C3CCC4(CC3)OC(=O)c3c[n+]([O-])ccc34)nc2)c1. The summed E-state index contributed by atoms with van der Waals surface area (Å²) in [6.45, 7) is 0. The van der Waals surface area contributed by atoms with Crippen molar-refractivity contribution in [3.8, 4) is 16.9 Å². The fourth-order valence-electron chi connectivity index (χ4n) is 4.64. The van der Waals surface area contributed by atoms with Crippen LogP contribution in [0.5, 0.6) is 5.75 Å². The van der Waals surface area contributed by atoms with Gasteiger partial charge in [0, 0.05) is 41.6 Å². The maximum absolute atomic E-state index is 13.8. The molecular weight excluding hydrogens is 443 g/mol. The Kier molecular flexibility index (Phi) is 5.35. The zero-order valence-electron chi connectivity index (χ0n) is 18.3. The molecule has 1 aliphatic heterocycles. The van der Waals surface area contributed by atoms with Crippen molar-refractivity contribution in [2.24, 2.45) is 5.92 Å². The topological polar surface area (TPSA) is 117 Å². The van der Waals surface area contributed by atoms with Crippen molar-refractivity contribution in [1.82, 2.24) is 9.97 Å². The van der Waals surface area contributed by atoms with Crippen LogP contribution in [0.3, 0.4) is 0 Å². The predicted octanol–water partition coefficient (Wildman–Crippen LogP) is 3.12. The van der Waals surface area contributed by atoms with E-state index < -0.39 is 17.4 Å². The molecule has 1 fully saturated rings. The molecule has 2 aliphatic rings. The molecule has 1 saturated carbocycles. The average Bonchev–Trinajstić information content (AvgIpc) is 3.09. The summed E-state index contributed by atoms with van der Waals surface area (Å²) in [4.78, 5) is 33.4. The number of halogens is 1. The lowest BCUT2D eigenvalue weighted by molar-refractivity contribution is -0.605. The first-order chi connectivity index (χ1) is 16.4. The van der Waals surface area contributed by atoms with Crippen LogP contribution in [-0.4, -0.2) is 29.0 Å². The molecule has 1 aromatic carbocycles. The average molecular weight is 464 g/mol. The highest BCUT2D eigenvalue weighted by atomic mass is 19.1. The molecule has 3 heterocycles. The second kappa shape index (κ2) is 8.36. The van der Waals surface area contributed by atoms with Crippen molar-refractivity contribution in [1.29, 1.82) is 0 Å². The first kappa shape index (κ1) is 21.7. The molecule has 0 unspecified atom stereocenters. The number of hydrogen-bond acceptors (Lipinski definition) is 7. The number of carbonyl (C=O) groups excluding carboxylic acids is 2. The van der Waals surface area contributed by atoms with E-state index in [0.29, 0.717) is 52.9 Å². The largest absolute Gasteiger partial charge is 0.619 e. The van der Waals surface area contributed by atoms with Gasteiger partial charge < -0.3 is 14.7 Å². The van der Waals surface area contributed by atoms with E-state index in [1.54, 1.807) is 12.1 Å². The number of methoxy groups -OCH3 is 1. The third-order valence-electron chi connectivity index (χ3n) is 6.42. The number of hydrogen-bond donors (Lipinski definition) is 1. The lowest BCUT2D eigenvalue weighted by Gasteiger charge is -2.35. The Hall–Kier alpha value is -4.08. The summed E-state index contributed by atoms with van der Waals surface area (Å²) >= 11 is 0. The zero-order chi connectivity index (χ0) is 23.9. The van der Waals surface area contributed by atoms with Gasteiger partial charge in [0.05, 0.1) is 7.11 Å². The molecule has 0 atom stereocenters. The molecule has 3 aromatic rings. The van der Waals surface area contributed by atoms with Gasteiger partial charge in [-0.25, -0.2) is 19.2 Å². The van der Waals surface area contributed by atoms with Gasteiger partial charge in [0.1, 0.15) is 22.7 Å². The van der Waals surface area contributed by atoms with E-state index in [4.69, 9.17) is 9.47 Å². The van der Waals surface area contributed by atoms with Gasteiger partial charge in [-0.3, -0.25) is 10.1 Å².